The molecule has 0 aromatic carbocycles. The van der Waals surface area contributed by atoms with Crippen molar-refractivity contribution >= 4 is 12.2 Å². The van der Waals surface area contributed by atoms with Gasteiger partial charge in [-0.25, -0.2) is 4.79 Å². The zero-order valence-corrected chi connectivity index (χ0v) is 11.5. The zero-order chi connectivity index (χ0) is 14.3. The van der Waals surface area contributed by atoms with Gasteiger partial charge in [0.15, 0.2) is 0 Å². The largest absolute Gasteiger partial charge is 0.444 e. The summed E-state index contributed by atoms with van der Waals surface area (Å²) in [5.74, 6) is 0. The number of pyridine rings is 1. The standard InChI is InChI=1S/C14H20N2O3/c1-14(2,3)19-13(18)15-8-4-5-11-6-7-12(10-17)16-9-11/h4-7,9,17H,8,10H2,1-3H3,(H,15,18). The maximum atomic E-state index is 11.3. The van der Waals surface area contributed by atoms with Crippen LogP contribution in [0.25, 0.3) is 6.08 Å². The molecule has 5 nitrogen and oxygen atoms in total. The van der Waals surface area contributed by atoms with E-state index in [9.17, 15) is 4.79 Å². The quantitative estimate of drug-likeness (QED) is 0.873. The number of carbonyl (C=O) groups excluding carboxylic acids is 1. The van der Waals surface area contributed by atoms with E-state index in [2.05, 4.69) is 10.3 Å². The lowest BCUT2D eigenvalue weighted by Gasteiger charge is -2.19. The van der Waals surface area contributed by atoms with Crippen LogP contribution in [0.5, 0.6) is 0 Å². The topological polar surface area (TPSA) is 71.5 Å². The van der Waals surface area contributed by atoms with Crippen LogP contribution in [0.4, 0.5) is 4.79 Å². The van der Waals surface area contributed by atoms with Crippen molar-refractivity contribution in [3.63, 3.8) is 0 Å². The summed E-state index contributed by atoms with van der Waals surface area (Å²) >= 11 is 0. The highest BCUT2D eigenvalue weighted by Gasteiger charge is 2.14. The van der Waals surface area contributed by atoms with Crippen molar-refractivity contribution in [1.29, 1.82) is 0 Å². The Kier molecular flexibility index (Phi) is 5.51. The third kappa shape index (κ3) is 6.57. The SMILES string of the molecule is CC(C)(C)OC(=O)NCC=Cc1ccc(CO)nc1. The summed E-state index contributed by atoms with van der Waals surface area (Å²) in [6, 6.07) is 3.60. The van der Waals surface area contributed by atoms with Crippen molar-refractivity contribution in [3.05, 3.63) is 35.7 Å². The Morgan fingerprint density at radius 3 is 2.74 bits per heavy atom. The predicted molar refractivity (Wildman–Crippen MR) is 73.4 cm³/mol. The van der Waals surface area contributed by atoms with Crippen molar-refractivity contribution in [2.24, 2.45) is 0 Å². The van der Waals surface area contributed by atoms with Gasteiger partial charge in [0.2, 0.25) is 0 Å². The lowest BCUT2D eigenvalue weighted by molar-refractivity contribution is 0.0534. The van der Waals surface area contributed by atoms with Crippen LogP contribution in [0, 0.1) is 0 Å². The molecule has 5 heteroatoms. The first-order chi connectivity index (χ1) is 8.90. The van der Waals surface area contributed by atoms with Gasteiger partial charge in [-0.2, -0.15) is 0 Å². The minimum absolute atomic E-state index is 0.0653. The summed E-state index contributed by atoms with van der Waals surface area (Å²) < 4.78 is 5.10. The number of amides is 1. The minimum Gasteiger partial charge on any atom is -0.444 e. The molecule has 0 spiro atoms. The van der Waals surface area contributed by atoms with E-state index >= 15 is 0 Å². The zero-order valence-electron chi connectivity index (χ0n) is 11.5. The van der Waals surface area contributed by atoms with Crippen molar-refractivity contribution in [3.8, 4) is 0 Å². The van der Waals surface area contributed by atoms with Crippen LogP contribution >= 0.6 is 0 Å². The Balaban J connectivity index is 2.35. The predicted octanol–water partition coefficient (Wildman–Crippen LogP) is 2.11. The van der Waals surface area contributed by atoms with Gasteiger partial charge in [-0.3, -0.25) is 4.98 Å². The van der Waals surface area contributed by atoms with Gasteiger partial charge in [-0.15, -0.1) is 0 Å². The molecule has 1 aromatic heterocycles. The van der Waals surface area contributed by atoms with E-state index in [1.54, 1.807) is 18.3 Å². The molecule has 0 radical (unpaired) electrons. The number of alkyl carbamates (subject to hydrolysis) is 1. The van der Waals surface area contributed by atoms with E-state index in [0.717, 1.165) is 5.56 Å². The van der Waals surface area contributed by atoms with Crippen molar-refractivity contribution in [1.82, 2.24) is 10.3 Å². The molecule has 0 saturated heterocycles. The van der Waals surface area contributed by atoms with Crippen LogP contribution in [0.1, 0.15) is 32.0 Å². The second-order valence-corrected chi connectivity index (χ2v) is 5.03. The highest BCUT2D eigenvalue weighted by molar-refractivity contribution is 5.68. The average molecular weight is 264 g/mol. The second kappa shape index (κ2) is 6.89. The molecule has 1 rings (SSSR count). The van der Waals surface area contributed by atoms with Gasteiger partial charge >= 0.3 is 6.09 Å². The van der Waals surface area contributed by atoms with Crippen LogP contribution < -0.4 is 5.32 Å². The monoisotopic (exact) mass is 264 g/mol. The lowest BCUT2D eigenvalue weighted by atomic mass is 10.2. The number of carbonyl (C=O) groups is 1. The number of hydrogen-bond donors (Lipinski definition) is 2. The molecule has 0 aliphatic heterocycles. The first-order valence-electron chi connectivity index (χ1n) is 6.10. The molecule has 19 heavy (non-hydrogen) atoms. The van der Waals surface area contributed by atoms with Crippen LogP contribution in [0.15, 0.2) is 24.4 Å². The Morgan fingerprint density at radius 2 is 2.21 bits per heavy atom. The molecule has 0 fully saturated rings. The van der Waals surface area contributed by atoms with Gasteiger partial charge in [-0.1, -0.05) is 18.2 Å². The van der Waals surface area contributed by atoms with Crippen LogP contribution in [-0.2, 0) is 11.3 Å². The number of nitrogens with zero attached hydrogens (tertiary/aromatic N) is 1. The normalized spacial score (nSPS) is 11.6. The molecule has 1 aromatic rings. The van der Waals surface area contributed by atoms with Crippen LogP contribution in [0.3, 0.4) is 0 Å². The first kappa shape index (κ1) is 15.2. The summed E-state index contributed by atoms with van der Waals surface area (Å²) in [6.07, 6.45) is 4.87. The smallest absolute Gasteiger partial charge is 0.407 e. The number of aliphatic hydroxyl groups excluding tert-OH is 1. The highest BCUT2D eigenvalue weighted by atomic mass is 16.6. The maximum Gasteiger partial charge on any atom is 0.407 e. The molecule has 0 bridgehead atoms. The Bertz CT molecular complexity index is 433. The highest BCUT2D eigenvalue weighted by Crippen LogP contribution is 2.06. The number of aliphatic hydroxyl groups is 1. The van der Waals surface area contributed by atoms with Gasteiger partial charge in [0.1, 0.15) is 5.60 Å². The first-order valence-corrected chi connectivity index (χ1v) is 6.10. The van der Waals surface area contributed by atoms with Crippen LogP contribution in [-0.4, -0.2) is 28.3 Å². The Labute approximate surface area is 113 Å². The van der Waals surface area contributed by atoms with Crippen molar-refractivity contribution in [2.75, 3.05) is 6.54 Å². The number of ether oxygens (including phenoxy) is 1. The molecule has 104 valence electrons. The van der Waals surface area contributed by atoms with Gasteiger partial charge in [-0.05, 0) is 32.4 Å². The molecule has 0 atom stereocenters. The summed E-state index contributed by atoms with van der Waals surface area (Å²) in [5.41, 5.74) is 1.05. The lowest BCUT2D eigenvalue weighted by Crippen LogP contribution is -2.32. The maximum absolute atomic E-state index is 11.3. The van der Waals surface area contributed by atoms with E-state index in [0.29, 0.717) is 12.2 Å². The molecule has 0 saturated carbocycles. The summed E-state index contributed by atoms with van der Waals surface area (Å²) in [4.78, 5) is 15.4. The fourth-order valence-electron chi connectivity index (χ4n) is 1.28. The van der Waals surface area contributed by atoms with E-state index in [4.69, 9.17) is 9.84 Å². The van der Waals surface area contributed by atoms with Crippen molar-refractivity contribution < 1.29 is 14.6 Å². The number of aromatic nitrogens is 1. The number of nitrogens with one attached hydrogen (secondary N) is 1. The molecular weight excluding hydrogens is 244 g/mol. The van der Waals surface area contributed by atoms with Gasteiger partial charge in [0.05, 0.1) is 12.3 Å². The molecule has 1 heterocycles. The van der Waals surface area contributed by atoms with Crippen LogP contribution in [0.2, 0.25) is 0 Å². The minimum atomic E-state index is -0.488. The molecule has 0 unspecified atom stereocenters. The summed E-state index contributed by atoms with van der Waals surface area (Å²) in [6.45, 7) is 5.77. The summed E-state index contributed by atoms with van der Waals surface area (Å²) in [7, 11) is 0. The third-order valence-corrected chi connectivity index (χ3v) is 2.08. The molecular formula is C14H20N2O3. The fourth-order valence-corrected chi connectivity index (χ4v) is 1.28. The fraction of sp³-hybridized carbons (Fsp3) is 0.429. The van der Waals surface area contributed by atoms with E-state index in [-0.39, 0.29) is 6.61 Å². The summed E-state index contributed by atoms with van der Waals surface area (Å²) in [5, 5.41) is 11.5. The van der Waals surface area contributed by atoms with E-state index < -0.39 is 11.7 Å². The van der Waals surface area contributed by atoms with Crippen molar-refractivity contribution in [2.45, 2.75) is 33.0 Å². The average Bonchev–Trinajstić information content (AvgIpc) is 2.33. The van der Waals surface area contributed by atoms with Gasteiger partial charge in [0, 0.05) is 12.7 Å². The molecule has 0 aliphatic rings. The second-order valence-electron chi connectivity index (χ2n) is 5.03. The number of rotatable bonds is 4. The van der Waals surface area contributed by atoms with Gasteiger partial charge in [0.25, 0.3) is 0 Å². The molecule has 0 aliphatic carbocycles. The van der Waals surface area contributed by atoms with E-state index in [1.807, 2.05) is 32.9 Å². The number of hydrogen-bond acceptors (Lipinski definition) is 4. The molecule has 1 amide bonds. The Hall–Kier alpha value is -1.88. The van der Waals surface area contributed by atoms with Gasteiger partial charge < -0.3 is 15.2 Å². The Morgan fingerprint density at radius 1 is 1.47 bits per heavy atom. The van der Waals surface area contributed by atoms with E-state index in [1.165, 1.54) is 0 Å². The molecule has 2 N–H and O–H groups in total. The third-order valence-electron chi connectivity index (χ3n) is 2.08.